The van der Waals surface area contributed by atoms with E-state index in [9.17, 15) is 4.79 Å². The third-order valence-corrected chi connectivity index (χ3v) is 8.09. The summed E-state index contributed by atoms with van der Waals surface area (Å²) in [5.74, 6) is 1.54. The molecule has 1 unspecified atom stereocenters. The van der Waals surface area contributed by atoms with Crippen LogP contribution in [-0.2, 0) is 31.4 Å². The van der Waals surface area contributed by atoms with E-state index in [-0.39, 0.29) is 11.8 Å². The van der Waals surface area contributed by atoms with Gasteiger partial charge in [0.15, 0.2) is 0 Å². The number of ether oxygens (including phenoxy) is 1. The lowest BCUT2D eigenvalue weighted by Gasteiger charge is -2.36. The molecule has 0 bridgehead atoms. The van der Waals surface area contributed by atoms with Crippen LogP contribution in [-0.4, -0.2) is 46.5 Å². The highest BCUT2D eigenvalue weighted by atomic mass is 35.5. The van der Waals surface area contributed by atoms with Gasteiger partial charge in [0, 0.05) is 50.3 Å². The largest absolute Gasteiger partial charge is 0.492 e. The van der Waals surface area contributed by atoms with Crippen molar-refractivity contribution >= 4 is 28.4 Å². The van der Waals surface area contributed by atoms with Crippen molar-refractivity contribution in [2.75, 3.05) is 26.2 Å². The van der Waals surface area contributed by atoms with Crippen LogP contribution in [0.25, 0.3) is 10.9 Å². The monoisotopic (exact) mass is 521 g/mol. The zero-order valence-electron chi connectivity index (χ0n) is 22.5. The van der Waals surface area contributed by atoms with Crippen LogP contribution in [0.3, 0.4) is 0 Å². The average molecular weight is 522 g/mol. The molecule has 5 nitrogen and oxygen atoms in total. The van der Waals surface area contributed by atoms with Crippen molar-refractivity contribution in [3.8, 4) is 5.75 Å². The van der Waals surface area contributed by atoms with Gasteiger partial charge in [0.2, 0.25) is 5.91 Å². The lowest BCUT2D eigenvalue weighted by atomic mass is 9.95. The van der Waals surface area contributed by atoms with E-state index in [1.54, 1.807) is 0 Å². The first-order valence-corrected chi connectivity index (χ1v) is 14.2. The van der Waals surface area contributed by atoms with Gasteiger partial charge < -0.3 is 14.2 Å². The Morgan fingerprint density at radius 1 is 1.19 bits per heavy atom. The fraction of sp³-hybridized carbons (Fsp3) is 0.516. The van der Waals surface area contributed by atoms with Crippen molar-refractivity contribution in [3.05, 3.63) is 64.3 Å². The molecule has 1 aromatic heterocycles. The minimum absolute atomic E-state index is 0.0297. The van der Waals surface area contributed by atoms with Crippen molar-refractivity contribution < 1.29 is 9.53 Å². The molecule has 0 saturated carbocycles. The molecule has 1 amide bonds. The Hall–Kier alpha value is -2.50. The Morgan fingerprint density at radius 3 is 2.89 bits per heavy atom. The number of rotatable bonds is 7. The molecular weight excluding hydrogens is 482 g/mol. The number of piperidine rings is 1. The number of carbonyl (C=O) groups is 1. The highest BCUT2D eigenvalue weighted by Gasteiger charge is 2.30. The summed E-state index contributed by atoms with van der Waals surface area (Å²) in [6.45, 7) is 9.19. The molecule has 6 heteroatoms. The number of nitrogens with zero attached hydrogens (tertiary/aromatic N) is 3. The van der Waals surface area contributed by atoms with Crippen LogP contribution in [0.5, 0.6) is 5.75 Å². The van der Waals surface area contributed by atoms with Crippen molar-refractivity contribution in [2.24, 2.45) is 18.9 Å². The highest BCUT2D eigenvalue weighted by Crippen LogP contribution is 2.34. The number of carbonyl (C=O) groups excluding carboxylic acids is 1. The van der Waals surface area contributed by atoms with Gasteiger partial charge in [-0.2, -0.15) is 0 Å². The Bertz CT molecular complexity index is 1250. The lowest BCUT2D eigenvalue weighted by molar-refractivity contribution is -0.138. The van der Waals surface area contributed by atoms with Crippen molar-refractivity contribution in [1.29, 1.82) is 0 Å². The van der Waals surface area contributed by atoms with Gasteiger partial charge in [-0.1, -0.05) is 43.6 Å². The number of halogens is 1. The van der Waals surface area contributed by atoms with Gasteiger partial charge in [0.25, 0.3) is 0 Å². The van der Waals surface area contributed by atoms with E-state index in [0.717, 1.165) is 76.2 Å². The molecule has 0 aliphatic carbocycles. The number of hydrogen-bond acceptors (Lipinski definition) is 3. The zero-order valence-corrected chi connectivity index (χ0v) is 23.3. The topological polar surface area (TPSA) is 37.7 Å². The van der Waals surface area contributed by atoms with Crippen LogP contribution in [0.1, 0.15) is 56.2 Å². The predicted octanol–water partition coefficient (Wildman–Crippen LogP) is 6.44. The first kappa shape index (κ1) is 26.1. The predicted molar refractivity (Wildman–Crippen MR) is 151 cm³/mol. The summed E-state index contributed by atoms with van der Waals surface area (Å²) in [7, 11) is 2.09. The Labute approximate surface area is 226 Å². The van der Waals surface area contributed by atoms with Gasteiger partial charge in [-0.05, 0) is 79.5 Å². The summed E-state index contributed by atoms with van der Waals surface area (Å²) < 4.78 is 8.09. The molecule has 2 aliphatic heterocycles. The summed E-state index contributed by atoms with van der Waals surface area (Å²) in [4.78, 5) is 18.5. The lowest BCUT2D eigenvalue weighted by Crippen LogP contribution is -2.45. The summed E-state index contributed by atoms with van der Waals surface area (Å²) in [6.07, 6.45) is 7.27. The quantitative estimate of drug-likeness (QED) is 0.359. The van der Waals surface area contributed by atoms with E-state index in [1.165, 1.54) is 22.0 Å². The molecule has 1 saturated heterocycles. The molecular formula is C31H40ClN3O2. The molecule has 1 fully saturated rings. The van der Waals surface area contributed by atoms with Crippen LogP contribution < -0.4 is 4.74 Å². The van der Waals surface area contributed by atoms with E-state index in [1.807, 2.05) is 6.07 Å². The minimum Gasteiger partial charge on any atom is -0.492 e. The van der Waals surface area contributed by atoms with Gasteiger partial charge in [-0.3, -0.25) is 9.69 Å². The van der Waals surface area contributed by atoms with E-state index >= 15 is 0 Å². The van der Waals surface area contributed by atoms with Gasteiger partial charge in [0.05, 0.1) is 17.5 Å². The number of hydrogen-bond donors (Lipinski definition) is 0. The number of likely N-dealkylation sites (tertiary alicyclic amines) is 1. The first-order valence-electron chi connectivity index (χ1n) is 13.9. The summed E-state index contributed by atoms with van der Waals surface area (Å²) >= 11 is 6.64. The maximum absolute atomic E-state index is 13.9. The Morgan fingerprint density at radius 2 is 2.05 bits per heavy atom. The second kappa shape index (κ2) is 11.5. The van der Waals surface area contributed by atoms with Gasteiger partial charge >= 0.3 is 0 Å². The van der Waals surface area contributed by atoms with E-state index < -0.39 is 0 Å². The number of aryl methyl sites for hydroxylation is 2. The Balaban J connectivity index is 1.31. The smallest absolute Gasteiger partial charge is 0.227 e. The zero-order chi connectivity index (χ0) is 25.9. The van der Waals surface area contributed by atoms with Crippen LogP contribution in [0.4, 0.5) is 0 Å². The fourth-order valence-corrected chi connectivity index (χ4v) is 6.36. The van der Waals surface area contributed by atoms with Crippen LogP contribution in [0.2, 0.25) is 5.02 Å². The third kappa shape index (κ3) is 5.99. The molecule has 2 aliphatic rings. The summed E-state index contributed by atoms with van der Waals surface area (Å²) in [5, 5.41) is 1.98. The molecule has 198 valence electrons. The maximum atomic E-state index is 13.9. The molecule has 1 atom stereocenters. The van der Waals surface area contributed by atoms with E-state index in [2.05, 4.69) is 71.8 Å². The van der Waals surface area contributed by atoms with E-state index in [0.29, 0.717) is 17.5 Å². The van der Waals surface area contributed by atoms with Crippen molar-refractivity contribution in [3.63, 3.8) is 0 Å². The number of benzene rings is 2. The molecule has 5 rings (SSSR count). The highest BCUT2D eigenvalue weighted by molar-refractivity contribution is 6.32. The van der Waals surface area contributed by atoms with Gasteiger partial charge in [-0.15, -0.1) is 0 Å². The van der Waals surface area contributed by atoms with Crippen molar-refractivity contribution in [2.45, 2.75) is 59.0 Å². The summed E-state index contributed by atoms with van der Waals surface area (Å²) in [6, 6.07) is 13.0. The number of amides is 1. The fourth-order valence-electron chi connectivity index (χ4n) is 6.04. The van der Waals surface area contributed by atoms with Gasteiger partial charge in [-0.25, -0.2) is 0 Å². The SMILES string of the molecule is CC(C)CN(Cc1cc(Cl)c2c(c1)CCCCO2)C(=O)C1CCCN(Cc2cccc3c2ccn3C)C1. The summed E-state index contributed by atoms with van der Waals surface area (Å²) in [5.41, 5.74) is 4.88. The second-order valence-corrected chi connectivity index (χ2v) is 11.7. The third-order valence-electron chi connectivity index (χ3n) is 7.80. The van der Waals surface area contributed by atoms with Crippen LogP contribution in [0.15, 0.2) is 42.6 Å². The normalized spacial score (nSPS) is 18.5. The standard InChI is InChI=1S/C31H40ClN3O2/c1-22(2)18-35(19-23-16-24-8-4-5-15-37-30(24)28(32)17-23)31(36)26-10-7-13-34(21-26)20-25-9-6-11-29-27(25)12-14-33(29)3/h6,9,11-12,14,16-17,22,26H,4-5,7-8,10,13,15,18-21H2,1-3H3. The van der Waals surface area contributed by atoms with Crippen LogP contribution >= 0.6 is 11.6 Å². The molecule has 3 aromatic rings. The van der Waals surface area contributed by atoms with Crippen LogP contribution in [0, 0.1) is 11.8 Å². The molecule has 2 aromatic carbocycles. The number of aromatic nitrogens is 1. The maximum Gasteiger partial charge on any atom is 0.227 e. The second-order valence-electron chi connectivity index (χ2n) is 11.3. The molecule has 0 spiro atoms. The molecule has 0 radical (unpaired) electrons. The first-order chi connectivity index (χ1) is 17.9. The molecule has 37 heavy (non-hydrogen) atoms. The molecule has 0 N–H and O–H groups in total. The average Bonchev–Trinajstić information content (AvgIpc) is 3.09. The Kier molecular flexibility index (Phi) is 8.11. The molecule has 3 heterocycles. The minimum atomic E-state index is 0.0297. The van der Waals surface area contributed by atoms with E-state index in [4.69, 9.17) is 16.3 Å². The van der Waals surface area contributed by atoms with Crippen molar-refractivity contribution in [1.82, 2.24) is 14.4 Å². The van der Waals surface area contributed by atoms with Gasteiger partial charge in [0.1, 0.15) is 5.75 Å². The number of fused-ring (bicyclic) bond motifs is 2.